The summed E-state index contributed by atoms with van der Waals surface area (Å²) >= 11 is 0. The van der Waals surface area contributed by atoms with Gasteiger partial charge in [0.25, 0.3) is 0 Å². The van der Waals surface area contributed by atoms with Crippen LogP contribution in [0.4, 0.5) is 0 Å². The summed E-state index contributed by atoms with van der Waals surface area (Å²) < 4.78 is 5.35. The van der Waals surface area contributed by atoms with E-state index in [1.165, 1.54) is 25.7 Å². The molecule has 0 spiro atoms. The molecule has 4 aliphatic rings. The zero-order chi connectivity index (χ0) is 16.6. The third-order valence-electron chi connectivity index (χ3n) is 8.15. The van der Waals surface area contributed by atoms with E-state index in [-0.39, 0.29) is 28.6 Å². The maximum Gasteiger partial charge on any atom is 0.334 e. The molecule has 1 heterocycles. The Balaban J connectivity index is 1.82. The van der Waals surface area contributed by atoms with Gasteiger partial charge in [-0.05, 0) is 53.9 Å². The quantitative estimate of drug-likeness (QED) is 0.693. The van der Waals surface area contributed by atoms with Crippen molar-refractivity contribution in [1.82, 2.24) is 0 Å². The summed E-state index contributed by atoms with van der Waals surface area (Å²) in [4.78, 5) is 12.0. The van der Waals surface area contributed by atoms with Crippen molar-refractivity contribution in [2.75, 3.05) is 6.61 Å². The van der Waals surface area contributed by atoms with Crippen LogP contribution in [0, 0.1) is 34.0 Å². The Kier molecular flexibility index (Phi) is 3.15. The Morgan fingerprint density at radius 3 is 2.61 bits per heavy atom. The molecule has 0 unspecified atom stereocenters. The summed E-state index contributed by atoms with van der Waals surface area (Å²) in [6.07, 6.45) is 7.36. The monoisotopic (exact) mass is 318 g/mol. The summed E-state index contributed by atoms with van der Waals surface area (Å²) in [6, 6.07) is 0. The summed E-state index contributed by atoms with van der Waals surface area (Å²) in [5, 5.41) is 11.0. The van der Waals surface area contributed by atoms with E-state index in [0.29, 0.717) is 17.9 Å². The highest BCUT2D eigenvalue weighted by Gasteiger charge is 2.64. The molecule has 3 fully saturated rings. The van der Waals surface area contributed by atoms with Crippen LogP contribution < -0.4 is 0 Å². The van der Waals surface area contributed by atoms with Crippen molar-refractivity contribution in [3.63, 3.8) is 0 Å². The van der Waals surface area contributed by atoms with Gasteiger partial charge in [-0.1, -0.05) is 34.1 Å². The van der Waals surface area contributed by atoms with Gasteiger partial charge in [0.15, 0.2) is 0 Å². The minimum atomic E-state index is -0.515. The van der Waals surface area contributed by atoms with Crippen LogP contribution in [0.25, 0.3) is 0 Å². The van der Waals surface area contributed by atoms with Gasteiger partial charge in [-0.25, -0.2) is 4.79 Å². The first-order valence-electron chi connectivity index (χ1n) is 9.27. The third kappa shape index (κ3) is 1.89. The molecular formula is C20H30O3. The van der Waals surface area contributed by atoms with Gasteiger partial charge in [-0.2, -0.15) is 0 Å². The van der Waals surface area contributed by atoms with Crippen LogP contribution in [0.5, 0.6) is 0 Å². The van der Waals surface area contributed by atoms with Gasteiger partial charge in [0, 0.05) is 17.4 Å². The lowest BCUT2D eigenvalue weighted by Gasteiger charge is -2.65. The Hall–Kier alpha value is -0.830. The molecule has 0 amide bonds. The second-order valence-corrected chi connectivity index (χ2v) is 9.69. The first kappa shape index (κ1) is 15.7. The minimum Gasteiger partial charge on any atom is -0.462 e. The molecule has 6 atom stereocenters. The van der Waals surface area contributed by atoms with E-state index in [1.807, 2.05) is 6.08 Å². The largest absolute Gasteiger partial charge is 0.462 e. The summed E-state index contributed by atoms with van der Waals surface area (Å²) in [5.41, 5.74) is 1.23. The van der Waals surface area contributed by atoms with Gasteiger partial charge >= 0.3 is 5.97 Å². The highest BCUT2D eigenvalue weighted by Crippen LogP contribution is 2.68. The van der Waals surface area contributed by atoms with Crippen LogP contribution in [0.2, 0.25) is 0 Å². The lowest BCUT2D eigenvalue weighted by molar-refractivity contribution is -0.175. The predicted molar refractivity (Wildman–Crippen MR) is 88.6 cm³/mol. The van der Waals surface area contributed by atoms with E-state index in [2.05, 4.69) is 27.7 Å². The zero-order valence-corrected chi connectivity index (χ0v) is 14.9. The highest BCUT2D eigenvalue weighted by molar-refractivity contribution is 5.91. The number of esters is 1. The molecular weight excluding hydrogens is 288 g/mol. The van der Waals surface area contributed by atoms with Gasteiger partial charge in [-0.15, -0.1) is 0 Å². The maximum absolute atomic E-state index is 12.0. The molecule has 0 aromatic heterocycles. The molecule has 0 bridgehead atoms. The van der Waals surface area contributed by atoms with E-state index in [4.69, 9.17) is 4.74 Å². The van der Waals surface area contributed by atoms with Crippen molar-refractivity contribution in [3.8, 4) is 0 Å². The maximum atomic E-state index is 12.0. The molecule has 23 heavy (non-hydrogen) atoms. The fraction of sp³-hybridized carbons (Fsp3) is 0.850. The van der Waals surface area contributed by atoms with Gasteiger partial charge in [0.1, 0.15) is 0 Å². The van der Waals surface area contributed by atoms with Gasteiger partial charge in [0.05, 0.1) is 12.7 Å². The first-order chi connectivity index (χ1) is 10.7. The number of carbonyl (C=O) groups excluding carboxylic acids is 1. The van der Waals surface area contributed by atoms with E-state index in [1.54, 1.807) is 0 Å². The molecule has 1 N–H and O–H groups in total. The van der Waals surface area contributed by atoms with Crippen molar-refractivity contribution >= 4 is 5.97 Å². The van der Waals surface area contributed by atoms with Crippen molar-refractivity contribution < 1.29 is 14.6 Å². The van der Waals surface area contributed by atoms with E-state index in [9.17, 15) is 9.90 Å². The number of hydrogen-bond acceptors (Lipinski definition) is 3. The SMILES string of the molecule is CC1(C)CCC[C@]2(C)[C@H]3[C@@H](O)C=C4C(=O)OC[C@H]4[C@]3(C)CC[C@@H]12. The Labute approximate surface area is 139 Å². The molecule has 128 valence electrons. The van der Waals surface area contributed by atoms with Crippen LogP contribution in [0.15, 0.2) is 11.6 Å². The molecule has 3 nitrogen and oxygen atoms in total. The topological polar surface area (TPSA) is 46.5 Å². The number of cyclic esters (lactones) is 1. The number of hydrogen-bond donors (Lipinski definition) is 1. The average molecular weight is 318 g/mol. The molecule has 4 rings (SSSR count). The number of aliphatic hydroxyl groups excluding tert-OH is 1. The zero-order valence-electron chi connectivity index (χ0n) is 14.9. The van der Waals surface area contributed by atoms with Crippen LogP contribution in [0.1, 0.15) is 59.8 Å². The molecule has 0 aromatic carbocycles. The minimum absolute atomic E-state index is 0.0195. The lowest BCUT2D eigenvalue weighted by Crippen LogP contribution is -2.61. The first-order valence-corrected chi connectivity index (χ1v) is 9.27. The van der Waals surface area contributed by atoms with Gasteiger partial charge < -0.3 is 9.84 Å². The summed E-state index contributed by atoms with van der Waals surface area (Å²) in [6.45, 7) is 10.1. The van der Waals surface area contributed by atoms with Crippen LogP contribution in [0.3, 0.4) is 0 Å². The standard InChI is InChI=1S/C20H30O3/c1-18(2)7-5-8-20(4)15(18)6-9-19(3)13-11-23-17(22)12(13)10-14(21)16(19)20/h10,13-16,21H,5-9,11H2,1-4H3/t13-,14+,15+,16+,19+,20+/m1/s1. The number of rotatable bonds is 0. The van der Waals surface area contributed by atoms with Crippen LogP contribution in [-0.4, -0.2) is 23.8 Å². The Morgan fingerprint density at radius 1 is 1.13 bits per heavy atom. The van der Waals surface area contributed by atoms with E-state index < -0.39 is 6.10 Å². The number of carbonyl (C=O) groups is 1. The van der Waals surface area contributed by atoms with Crippen LogP contribution >= 0.6 is 0 Å². The van der Waals surface area contributed by atoms with Gasteiger partial charge in [-0.3, -0.25) is 0 Å². The fourth-order valence-electron chi connectivity index (χ4n) is 7.28. The fourth-order valence-corrected chi connectivity index (χ4v) is 7.28. The molecule has 0 aromatic rings. The average Bonchev–Trinajstić information content (AvgIpc) is 2.79. The third-order valence-corrected chi connectivity index (χ3v) is 8.15. The molecule has 1 aliphatic heterocycles. The van der Waals surface area contributed by atoms with Crippen molar-refractivity contribution in [2.24, 2.45) is 34.0 Å². The molecule has 3 aliphatic carbocycles. The van der Waals surface area contributed by atoms with E-state index >= 15 is 0 Å². The van der Waals surface area contributed by atoms with Crippen molar-refractivity contribution in [2.45, 2.75) is 65.9 Å². The smallest absolute Gasteiger partial charge is 0.334 e. The second-order valence-electron chi connectivity index (χ2n) is 9.69. The normalized spacial score (nSPS) is 51.2. The summed E-state index contributed by atoms with van der Waals surface area (Å²) in [5.74, 6) is 0.859. The molecule has 0 radical (unpaired) electrons. The van der Waals surface area contributed by atoms with Crippen LogP contribution in [-0.2, 0) is 9.53 Å². The predicted octanol–water partition coefficient (Wildman–Crippen LogP) is 3.71. The molecule has 3 heteroatoms. The van der Waals surface area contributed by atoms with Crippen molar-refractivity contribution in [1.29, 1.82) is 0 Å². The lowest BCUT2D eigenvalue weighted by atomic mass is 9.39. The Morgan fingerprint density at radius 2 is 1.87 bits per heavy atom. The molecule has 2 saturated carbocycles. The Bertz CT molecular complexity index is 577. The second kappa shape index (κ2) is 4.62. The van der Waals surface area contributed by atoms with Gasteiger partial charge in [0.2, 0.25) is 0 Å². The highest BCUT2D eigenvalue weighted by atomic mass is 16.5. The summed E-state index contributed by atoms with van der Waals surface area (Å²) in [7, 11) is 0. The van der Waals surface area contributed by atoms with E-state index in [0.717, 1.165) is 12.0 Å². The molecule has 1 saturated heterocycles. The number of ether oxygens (including phenoxy) is 1. The van der Waals surface area contributed by atoms with Crippen molar-refractivity contribution in [3.05, 3.63) is 11.6 Å². The number of fused-ring (bicyclic) bond motifs is 5. The number of aliphatic hydroxyl groups is 1.